The highest BCUT2D eigenvalue weighted by Crippen LogP contribution is 2.40. The van der Waals surface area contributed by atoms with Crippen molar-refractivity contribution in [3.63, 3.8) is 0 Å². The summed E-state index contributed by atoms with van der Waals surface area (Å²) in [6.07, 6.45) is 3.07. The molecule has 0 saturated heterocycles. The lowest BCUT2D eigenvalue weighted by Gasteiger charge is -2.39. The van der Waals surface area contributed by atoms with Crippen molar-refractivity contribution >= 4 is 0 Å². The van der Waals surface area contributed by atoms with Crippen LogP contribution in [0.25, 0.3) is 0 Å². The summed E-state index contributed by atoms with van der Waals surface area (Å²) in [6, 6.07) is 0. The zero-order valence-electron chi connectivity index (χ0n) is 8.43. The molecule has 0 aromatic carbocycles. The Morgan fingerprint density at radius 2 is 2.08 bits per heavy atom. The standard InChI is InChI=1S/C11H20O/c1-8(2)9-5-6-11(3,4)10(12)7-9/h9-10,12H,1,5-7H2,2-4H3/t9-,10?/m1/s1. The van der Waals surface area contributed by atoms with Crippen molar-refractivity contribution in [1.29, 1.82) is 0 Å². The molecule has 12 heavy (non-hydrogen) atoms. The minimum absolute atomic E-state index is 0.117. The molecule has 1 aliphatic carbocycles. The molecule has 0 aliphatic heterocycles. The van der Waals surface area contributed by atoms with Gasteiger partial charge in [0, 0.05) is 0 Å². The lowest BCUT2D eigenvalue weighted by atomic mass is 9.69. The predicted molar refractivity (Wildman–Crippen MR) is 51.9 cm³/mol. The van der Waals surface area contributed by atoms with Crippen LogP contribution in [-0.2, 0) is 0 Å². The van der Waals surface area contributed by atoms with Crippen LogP contribution in [-0.4, -0.2) is 11.2 Å². The van der Waals surface area contributed by atoms with Gasteiger partial charge < -0.3 is 5.11 Å². The molecule has 1 heteroatoms. The molecule has 1 saturated carbocycles. The Balaban J connectivity index is 2.58. The van der Waals surface area contributed by atoms with Gasteiger partial charge in [-0.2, -0.15) is 0 Å². The molecule has 0 amide bonds. The summed E-state index contributed by atoms with van der Waals surface area (Å²) >= 11 is 0. The average molecular weight is 168 g/mol. The van der Waals surface area contributed by atoms with E-state index >= 15 is 0 Å². The van der Waals surface area contributed by atoms with Gasteiger partial charge in [0.25, 0.3) is 0 Å². The second-order valence-corrected chi connectivity index (χ2v) is 4.82. The van der Waals surface area contributed by atoms with Crippen LogP contribution in [0.1, 0.15) is 40.0 Å². The maximum Gasteiger partial charge on any atom is 0.0596 e. The molecule has 0 aromatic heterocycles. The zero-order valence-corrected chi connectivity index (χ0v) is 8.43. The summed E-state index contributed by atoms with van der Waals surface area (Å²) in [5.74, 6) is 0.549. The van der Waals surface area contributed by atoms with E-state index in [1.807, 2.05) is 0 Å². The third kappa shape index (κ3) is 1.89. The summed E-state index contributed by atoms with van der Waals surface area (Å²) in [5.41, 5.74) is 1.34. The highest BCUT2D eigenvalue weighted by molar-refractivity contribution is 5.01. The van der Waals surface area contributed by atoms with E-state index in [9.17, 15) is 5.11 Å². The lowest BCUT2D eigenvalue weighted by Crippen LogP contribution is -2.36. The molecule has 1 aliphatic rings. The van der Waals surface area contributed by atoms with Crippen LogP contribution >= 0.6 is 0 Å². The zero-order chi connectivity index (χ0) is 9.35. The quantitative estimate of drug-likeness (QED) is 0.597. The van der Waals surface area contributed by atoms with Gasteiger partial charge in [-0.1, -0.05) is 26.0 Å². The largest absolute Gasteiger partial charge is 0.393 e. The first-order valence-electron chi connectivity index (χ1n) is 4.77. The van der Waals surface area contributed by atoms with Gasteiger partial charge in [0.2, 0.25) is 0 Å². The first-order chi connectivity index (χ1) is 5.43. The van der Waals surface area contributed by atoms with Crippen LogP contribution in [0.3, 0.4) is 0 Å². The van der Waals surface area contributed by atoms with E-state index < -0.39 is 0 Å². The topological polar surface area (TPSA) is 20.2 Å². The van der Waals surface area contributed by atoms with E-state index in [2.05, 4.69) is 27.4 Å². The fourth-order valence-corrected chi connectivity index (χ4v) is 1.87. The highest BCUT2D eigenvalue weighted by Gasteiger charge is 2.35. The summed E-state index contributed by atoms with van der Waals surface area (Å²) in [7, 11) is 0. The Labute approximate surface area is 75.5 Å². The molecule has 1 rings (SSSR count). The second kappa shape index (κ2) is 3.21. The van der Waals surface area contributed by atoms with Crippen molar-refractivity contribution in [3.8, 4) is 0 Å². The maximum atomic E-state index is 9.82. The van der Waals surface area contributed by atoms with E-state index in [0.29, 0.717) is 5.92 Å². The van der Waals surface area contributed by atoms with Gasteiger partial charge in [-0.3, -0.25) is 0 Å². The van der Waals surface area contributed by atoms with Crippen molar-refractivity contribution in [2.45, 2.75) is 46.1 Å². The fraction of sp³-hybridized carbons (Fsp3) is 0.818. The van der Waals surface area contributed by atoms with Gasteiger partial charge in [0.05, 0.1) is 6.10 Å². The van der Waals surface area contributed by atoms with Crippen molar-refractivity contribution in [2.75, 3.05) is 0 Å². The molecule has 0 radical (unpaired) electrons. The molecule has 0 aromatic rings. The van der Waals surface area contributed by atoms with Crippen LogP contribution in [0.2, 0.25) is 0 Å². The number of rotatable bonds is 1. The Kier molecular flexibility index (Phi) is 2.62. The number of aliphatic hydroxyl groups excluding tert-OH is 1. The summed E-state index contributed by atoms with van der Waals surface area (Å²) in [5, 5.41) is 9.82. The first-order valence-corrected chi connectivity index (χ1v) is 4.77. The van der Waals surface area contributed by atoms with E-state index in [-0.39, 0.29) is 11.5 Å². The summed E-state index contributed by atoms with van der Waals surface area (Å²) in [6.45, 7) is 10.3. The molecule has 2 atom stereocenters. The fourth-order valence-electron chi connectivity index (χ4n) is 1.87. The maximum absolute atomic E-state index is 9.82. The smallest absolute Gasteiger partial charge is 0.0596 e. The van der Waals surface area contributed by atoms with Gasteiger partial charge in [-0.25, -0.2) is 0 Å². The Hall–Kier alpha value is -0.300. The van der Waals surface area contributed by atoms with Gasteiger partial charge in [0.15, 0.2) is 0 Å². The van der Waals surface area contributed by atoms with Crippen molar-refractivity contribution in [1.82, 2.24) is 0 Å². The molecule has 1 nitrogen and oxygen atoms in total. The van der Waals surface area contributed by atoms with Crippen molar-refractivity contribution < 1.29 is 5.11 Å². The molecule has 1 unspecified atom stereocenters. The lowest BCUT2D eigenvalue weighted by molar-refractivity contribution is -0.00156. The summed E-state index contributed by atoms with van der Waals surface area (Å²) in [4.78, 5) is 0. The van der Waals surface area contributed by atoms with E-state index in [1.165, 1.54) is 12.0 Å². The highest BCUT2D eigenvalue weighted by atomic mass is 16.3. The Morgan fingerprint density at radius 1 is 1.50 bits per heavy atom. The van der Waals surface area contributed by atoms with Crippen LogP contribution < -0.4 is 0 Å². The predicted octanol–water partition coefficient (Wildman–Crippen LogP) is 2.75. The van der Waals surface area contributed by atoms with Gasteiger partial charge in [-0.15, -0.1) is 0 Å². The van der Waals surface area contributed by atoms with Crippen LogP contribution in [0, 0.1) is 11.3 Å². The minimum Gasteiger partial charge on any atom is -0.393 e. The van der Waals surface area contributed by atoms with Crippen LogP contribution in [0.4, 0.5) is 0 Å². The van der Waals surface area contributed by atoms with E-state index in [4.69, 9.17) is 0 Å². The molecule has 0 heterocycles. The molecule has 0 spiro atoms. The number of aliphatic hydroxyl groups is 1. The van der Waals surface area contributed by atoms with Gasteiger partial charge in [0.1, 0.15) is 0 Å². The Bertz CT molecular complexity index is 181. The van der Waals surface area contributed by atoms with Crippen LogP contribution in [0.15, 0.2) is 12.2 Å². The third-order valence-corrected chi connectivity index (χ3v) is 3.24. The molecule has 1 N–H and O–H groups in total. The number of hydrogen-bond acceptors (Lipinski definition) is 1. The Morgan fingerprint density at radius 3 is 2.50 bits per heavy atom. The third-order valence-electron chi connectivity index (χ3n) is 3.24. The van der Waals surface area contributed by atoms with Gasteiger partial charge >= 0.3 is 0 Å². The van der Waals surface area contributed by atoms with E-state index in [1.54, 1.807) is 0 Å². The van der Waals surface area contributed by atoms with Crippen molar-refractivity contribution in [3.05, 3.63) is 12.2 Å². The van der Waals surface area contributed by atoms with Crippen molar-refractivity contribution in [2.24, 2.45) is 11.3 Å². The van der Waals surface area contributed by atoms with E-state index in [0.717, 1.165) is 12.8 Å². The SMILES string of the molecule is C=C(C)[C@@H]1CCC(C)(C)C(O)C1. The molecule has 70 valence electrons. The molecular formula is C11H20O. The van der Waals surface area contributed by atoms with Crippen LogP contribution in [0.5, 0.6) is 0 Å². The molecular weight excluding hydrogens is 148 g/mol. The molecule has 1 fully saturated rings. The molecule has 0 bridgehead atoms. The number of hydrogen-bond donors (Lipinski definition) is 1. The first kappa shape index (κ1) is 9.79. The average Bonchev–Trinajstić information content (AvgIpc) is 1.94. The normalized spacial score (nSPS) is 34.7. The minimum atomic E-state index is -0.145. The monoisotopic (exact) mass is 168 g/mol. The summed E-state index contributed by atoms with van der Waals surface area (Å²) < 4.78 is 0. The van der Waals surface area contributed by atoms with Gasteiger partial charge in [-0.05, 0) is 37.5 Å². The number of allylic oxidation sites excluding steroid dienone is 1. The second-order valence-electron chi connectivity index (χ2n) is 4.82.